The molecule has 0 saturated carbocycles. The molecule has 19 heavy (non-hydrogen) atoms. The highest BCUT2D eigenvalue weighted by atomic mass is 79.9. The summed E-state index contributed by atoms with van der Waals surface area (Å²) < 4.78 is 1.16. The highest BCUT2D eigenvalue weighted by molar-refractivity contribution is 9.10. The molecule has 0 fully saturated rings. The van der Waals surface area contributed by atoms with Crippen LogP contribution in [-0.4, -0.2) is 6.54 Å². The van der Waals surface area contributed by atoms with Gasteiger partial charge in [-0.25, -0.2) is 0 Å². The highest BCUT2D eigenvalue weighted by Gasteiger charge is 2.18. The van der Waals surface area contributed by atoms with E-state index in [-0.39, 0.29) is 0 Å². The van der Waals surface area contributed by atoms with Crippen molar-refractivity contribution in [3.05, 3.63) is 41.6 Å². The molecule has 0 aliphatic carbocycles. The van der Waals surface area contributed by atoms with Crippen molar-refractivity contribution in [2.75, 3.05) is 6.54 Å². The number of nitrogens with one attached hydrogen (secondary N) is 1. The molecule has 1 atom stereocenters. The molecule has 0 spiro atoms. The van der Waals surface area contributed by atoms with E-state index in [4.69, 9.17) is 11.6 Å². The first-order chi connectivity index (χ1) is 9.11. The lowest BCUT2D eigenvalue weighted by atomic mass is 10.1. The first-order valence-corrected chi connectivity index (χ1v) is 9.24. The van der Waals surface area contributed by atoms with E-state index in [0.717, 1.165) is 28.9 Å². The van der Waals surface area contributed by atoms with Crippen molar-refractivity contribution in [2.24, 2.45) is 0 Å². The number of thiophene rings is 2. The van der Waals surface area contributed by atoms with Crippen LogP contribution in [0.15, 0.2) is 21.3 Å². The topological polar surface area (TPSA) is 12.0 Å². The van der Waals surface area contributed by atoms with Gasteiger partial charge in [-0.1, -0.05) is 18.5 Å². The highest BCUT2D eigenvalue weighted by Crippen LogP contribution is 2.35. The van der Waals surface area contributed by atoms with Crippen molar-refractivity contribution in [2.45, 2.75) is 32.7 Å². The van der Waals surface area contributed by atoms with Crippen molar-refractivity contribution in [1.82, 2.24) is 5.32 Å². The molecule has 5 heteroatoms. The van der Waals surface area contributed by atoms with Crippen molar-refractivity contribution in [1.29, 1.82) is 0 Å². The van der Waals surface area contributed by atoms with Crippen LogP contribution in [-0.2, 0) is 6.42 Å². The maximum atomic E-state index is 6.42. The lowest BCUT2D eigenvalue weighted by molar-refractivity contribution is 0.539. The monoisotopic (exact) mass is 377 g/mol. The second-order valence-electron chi connectivity index (χ2n) is 4.54. The van der Waals surface area contributed by atoms with Gasteiger partial charge in [0.2, 0.25) is 0 Å². The van der Waals surface area contributed by atoms with Crippen molar-refractivity contribution in [3.8, 4) is 0 Å². The maximum absolute atomic E-state index is 6.42. The molecule has 0 aliphatic rings. The smallest absolute Gasteiger partial charge is 0.0590 e. The second kappa shape index (κ2) is 7.23. The molecule has 0 aromatic carbocycles. The minimum Gasteiger partial charge on any atom is -0.309 e. The van der Waals surface area contributed by atoms with Gasteiger partial charge in [-0.2, -0.15) is 0 Å². The molecule has 2 heterocycles. The van der Waals surface area contributed by atoms with Gasteiger partial charge in [0.15, 0.2) is 0 Å². The summed E-state index contributed by atoms with van der Waals surface area (Å²) in [6, 6.07) is 2.51. The molecular formula is C14H17BrClNS2. The van der Waals surface area contributed by atoms with E-state index in [2.05, 4.69) is 51.9 Å². The van der Waals surface area contributed by atoms with E-state index in [1.54, 1.807) is 22.7 Å². The number of hydrogen-bond acceptors (Lipinski definition) is 3. The predicted molar refractivity (Wildman–Crippen MR) is 90.8 cm³/mol. The lowest BCUT2D eigenvalue weighted by Crippen LogP contribution is -2.23. The Morgan fingerprint density at radius 3 is 2.68 bits per heavy atom. The quantitative estimate of drug-likeness (QED) is 0.668. The van der Waals surface area contributed by atoms with Crippen LogP contribution in [0.4, 0.5) is 0 Å². The molecule has 0 bridgehead atoms. The van der Waals surface area contributed by atoms with Crippen molar-refractivity contribution < 1.29 is 0 Å². The van der Waals surface area contributed by atoms with Gasteiger partial charge < -0.3 is 5.32 Å². The third-order valence-corrected chi connectivity index (χ3v) is 6.46. The Morgan fingerprint density at radius 2 is 2.16 bits per heavy atom. The first-order valence-electron chi connectivity index (χ1n) is 6.31. The molecule has 0 radical (unpaired) electrons. The average molecular weight is 379 g/mol. The Labute approximate surface area is 136 Å². The van der Waals surface area contributed by atoms with E-state index >= 15 is 0 Å². The van der Waals surface area contributed by atoms with Crippen LogP contribution in [0.2, 0.25) is 5.02 Å². The molecule has 104 valence electrons. The average Bonchev–Trinajstić information content (AvgIpc) is 2.93. The zero-order valence-corrected chi connectivity index (χ0v) is 15.0. The van der Waals surface area contributed by atoms with E-state index < -0.39 is 0 Å². The Morgan fingerprint density at radius 1 is 1.37 bits per heavy atom. The van der Waals surface area contributed by atoms with E-state index in [1.807, 2.05) is 0 Å². The third-order valence-electron chi connectivity index (χ3n) is 2.91. The Kier molecular flexibility index (Phi) is 5.90. The molecule has 2 aromatic rings. The summed E-state index contributed by atoms with van der Waals surface area (Å²) in [4.78, 5) is 2.64. The van der Waals surface area contributed by atoms with Crippen LogP contribution >= 0.6 is 50.2 Å². The summed E-state index contributed by atoms with van der Waals surface area (Å²) in [5, 5.41) is 8.81. The van der Waals surface area contributed by atoms with Gasteiger partial charge in [-0.15, -0.1) is 22.7 Å². The first kappa shape index (κ1) is 15.5. The maximum Gasteiger partial charge on any atom is 0.0590 e. The van der Waals surface area contributed by atoms with Gasteiger partial charge in [-0.3, -0.25) is 0 Å². The largest absolute Gasteiger partial charge is 0.309 e. The van der Waals surface area contributed by atoms with Gasteiger partial charge in [-0.05, 0) is 52.8 Å². The lowest BCUT2D eigenvalue weighted by Gasteiger charge is -2.17. The van der Waals surface area contributed by atoms with E-state index in [9.17, 15) is 0 Å². The van der Waals surface area contributed by atoms with E-state index in [1.165, 1.54) is 15.3 Å². The van der Waals surface area contributed by atoms with Crippen LogP contribution in [0, 0.1) is 6.92 Å². The normalized spacial score (nSPS) is 12.8. The Bertz CT molecular complexity index is 535. The Balaban J connectivity index is 2.18. The van der Waals surface area contributed by atoms with Gasteiger partial charge in [0, 0.05) is 32.1 Å². The van der Waals surface area contributed by atoms with Gasteiger partial charge >= 0.3 is 0 Å². The minimum atomic E-state index is 0.316. The zero-order chi connectivity index (χ0) is 13.8. The molecule has 2 rings (SSSR count). The summed E-state index contributed by atoms with van der Waals surface area (Å²) in [6.45, 7) is 5.28. The van der Waals surface area contributed by atoms with Crippen LogP contribution in [0.1, 0.15) is 34.7 Å². The summed E-state index contributed by atoms with van der Waals surface area (Å²) in [6.07, 6.45) is 2.13. The molecule has 1 N–H and O–H groups in total. The number of hydrogen-bond donors (Lipinski definition) is 1. The third kappa shape index (κ3) is 4.05. The number of aryl methyl sites for hydroxylation is 1. The molecule has 2 aromatic heterocycles. The van der Waals surface area contributed by atoms with Crippen LogP contribution in [0.5, 0.6) is 0 Å². The minimum absolute atomic E-state index is 0.316. The summed E-state index contributed by atoms with van der Waals surface area (Å²) >= 11 is 13.5. The van der Waals surface area contributed by atoms with Crippen LogP contribution < -0.4 is 5.32 Å². The van der Waals surface area contributed by atoms with Crippen LogP contribution in [0.25, 0.3) is 0 Å². The molecule has 1 nitrogen and oxygen atoms in total. The molecule has 0 amide bonds. The molecule has 0 saturated heterocycles. The standard InChI is InChI=1S/C14H17BrClNS2/c1-3-4-17-12(6-11-5-10(15)8-18-11)14-13(16)9(2)7-19-14/h5,7-8,12,17H,3-4,6H2,1-2H3. The Hall–Kier alpha value is 0.130. The zero-order valence-electron chi connectivity index (χ0n) is 11.0. The molecule has 1 unspecified atom stereocenters. The van der Waals surface area contributed by atoms with Gasteiger partial charge in [0.25, 0.3) is 0 Å². The van der Waals surface area contributed by atoms with Gasteiger partial charge in [0.1, 0.15) is 0 Å². The molecular weight excluding hydrogens is 362 g/mol. The predicted octanol–water partition coefficient (Wildman–Crippen LogP) is 5.82. The van der Waals surface area contributed by atoms with Crippen molar-refractivity contribution in [3.63, 3.8) is 0 Å². The fourth-order valence-corrected chi connectivity index (χ4v) is 4.82. The second-order valence-corrected chi connectivity index (χ2v) is 7.74. The van der Waals surface area contributed by atoms with Gasteiger partial charge in [0.05, 0.1) is 5.02 Å². The SMILES string of the molecule is CCCNC(Cc1cc(Br)cs1)c1scc(C)c1Cl. The summed E-state index contributed by atoms with van der Waals surface area (Å²) in [7, 11) is 0. The summed E-state index contributed by atoms with van der Waals surface area (Å²) in [5.74, 6) is 0. The fourth-order valence-electron chi connectivity index (χ4n) is 1.92. The summed E-state index contributed by atoms with van der Waals surface area (Å²) in [5.41, 5.74) is 1.18. The molecule has 0 aliphatic heterocycles. The van der Waals surface area contributed by atoms with E-state index in [0.29, 0.717) is 6.04 Å². The fraction of sp³-hybridized carbons (Fsp3) is 0.429. The van der Waals surface area contributed by atoms with Crippen molar-refractivity contribution >= 4 is 50.2 Å². The number of halogens is 2. The number of rotatable bonds is 6. The van der Waals surface area contributed by atoms with Crippen LogP contribution in [0.3, 0.4) is 0 Å².